The second-order valence-corrected chi connectivity index (χ2v) is 3.72. The molecule has 0 saturated carbocycles. The molecule has 0 aliphatic carbocycles. The number of aromatic carboxylic acids is 1. The number of carbonyl (C=O) groups is 1. The van der Waals surface area contributed by atoms with Crippen molar-refractivity contribution in [1.82, 2.24) is 4.57 Å². The lowest BCUT2D eigenvalue weighted by atomic mass is 10.1. The van der Waals surface area contributed by atoms with Crippen LogP contribution in [0.4, 0.5) is 0 Å². The third-order valence-electron chi connectivity index (χ3n) is 2.54. The number of carboxylic acids is 1. The fourth-order valence-electron chi connectivity index (χ4n) is 1.69. The minimum Gasteiger partial charge on any atom is -0.477 e. The van der Waals surface area contributed by atoms with Crippen LogP contribution >= 0.6 is 0 Å². The molecule has 0 saturated heterocycles. The number of hydrogen-bond donors (Lipinski definition) is 1. The van der Waals surface area contributed by atoms with Crippen molar-refractivity contribution in [3.05, 3.63) is 58.4 Å². The highest BCUT2D eigenvalue weighted by molar-refractivity contribution is 5.87. The molecule has 0 aliphatic heterocycles. The van der Waals surface area contributed by atoms with Crippen LogP contribution in [-0.4, -0.2) is 15.6 Å². The fourth-order valence-corrected chi connectivity index (χ4v) is 1.69. The van der Waals surface area contributed by atoms with Gasteiger partial charge in [-0.2, -0.15) is 0 Å². The van der Waals surface area contributed by atoms with Crippen molar-refractivity contribution < 1.29 is 9.90 Å². The lowest BCUT2D eigenvalue weighted by Gasteiger charge is -2.09. The van der Waals surface area contributed by atoms with Gasteiger partial charge in [-0.15, -0.1) is 0 Å². The third-order valence-corrected chi connectivity index (χ3v) is 2.54. The molecule has 0 radical (unpaired) electrons. The monoisotopic (exact) mass is 229 g/mol. The lowest BCUT2D eigenvalue weighted by Crippen LogP contribution is -2.17. The largest absolute Gasteiger partial charge is 0.477 e. The van der Waals surface area contributed by atoms with E-state index in [2.05, 4.69) is 0 Å². The van der Waals surface area contributed by atoms with Crippen molar-refractivity contribution in [3.8, 4) is 11.3 Å². The molecule has 0 amide bonds. The fraction of sp³-hybridized carbons (Fsp3) is 0.0769. The Morgan fingerprint density at radius 3 is 2.47 bits per heavy atom. The van der Waals surface area contributed by atoms with Crippen molar-refractivity contribution in [2.45, 2.75) is 0 Å². The van der Waals surface area contributed by atoms with E-state index in [9.17, 15) is 9.59 Å². The predicted octanol–water partition coefficient (Wildman–Crippen LogP) is 1.75. The number of pyridine rings is 1. The molecule has 1 N–H and O–H groups in total. The molecule has 0 spiro atoms. The molecule has 2 rings (SSSR count). The maximum atomic E-state index is 11.6. The second kappa shape index (κ2) is 4.25. The van der Waals surface area contributed by atoms with Gasteiger partial charge < -0.3 is 9.67 Å². The van der Waals surface area contributed by atoms with Gasteiger partial charge in [0.05, 0.1) is 5.69 Å². The van der Waals surface area contributed by atoms with Crippen LogP contribution in [0.2, 0.25) is 0 Å². The number of aryl methyl sites for hydroxylation is 1. The summed E-state index contributed by atoms with van der Waals surface area (Å²) in [6.07, 6.45) is 1.34. The van der Waals surface area contributed by atoms with Gasteiger partial charge in [0.15, 0.2) is 5.43 Å². The minimum atomic E-state index is -1.20. The molecular weight excluding hydrogens is 218 g/mol. The average molecular weight is 229 g/mol. The van der Waals surface area contributed by atoms with E-state index in [4.69, 9.17) is 5.11 Å². The predicted molar refractivity (Wildman–Crippen MR) is 64.1 cm³/mol. The molecule has 0 fully saturated rings. The first-order valence-electron chi connectivity index (χ1n) is 5.09. The van der Waals surface area contributed by atoms with Gasteiger partial charge in [-0.25, -0.2) is 4.79 Å². The highest BCUT2D eigenvalue weighted by Crippen LogP contribution is 2.16. The standard InChI is InChI=1S/C13H11NO3/c1-14-8-10(13(16)17)12(15)7-11(14)9-5-3-2-4-6-9/h2-8H,1H3,(H,16,17). The minimum absolute atomic E-state index is 0.216. The lowest BCUT2D eigenvalue weighted by molar-refractivity contribution is 0.0694. The summed E-state index contributed by atoms with van der Waals surface area (Å²) in [6, 6.07) is 10.7. The van der Waals surface area contributed by atoms with E-state index in [-0.39, 0.29) is 5.56 Å². The van der Waals surface area contributed by atoms with Crippen molar-refractivity contribution in [3.63, 3.8) is 0 Å². The average Bonchev–Trinajstić information content (AvgIpc) is 2.32. The number of carboxylic acid groups (broad SMARTS) is 1. The third kappa shape index (κ3) is 2.10. The van der Waals surface area contributed by atoms with Gasteiger partial charge in [0, 0.05) is 19.3 Å². The van der Waals surface area contributed by atoms with Crippen LogP contribution in [0.5, 0.6) is 0 Å². The Morgan fingerprint density at radius 2 is 1.88 bits per heavy atom. The maximum Gasteiger partial charge on any atom is 0.341 e. The summed E-state index contributed by atoms with van der Waals surface area (Å²) >= 11 is 0. The van der Waals surface area contributed by atoms with Gasteiger partial charge in [-0.1, -0.05) is 30.3 Å². The second-order valence-electron chi connectivity index (χ2n) is 3.72. The van der Waals surface area contributed by atoms with Gasteiger partial charge in [-0.3, -0.25) is 4.79 Å². The van der Waals surface area contributed by atoms with Crippen LogP contribution in [0.3, 0.4) is 0 Å². The Kier molecular flexibility index (Phi) is 2.78. The summed E-state index contributed by atoms with van der Waals surface area (Å²) in [6.45, 7) is 0. The maximum absolute atomic E-state index is 11.6. The Morgan fingerprint density at radius 1 is 1.24 bits per heavy atom. The van der Waals surface area contributed by atoms with Gasteiger partial charge in [0.1, 0.15) is 5.56 Å². The molecule has 0 bridgehead atoms. The highest BCUT2D eigenvalue weighted by Gasteiger charge is 2.11. The normalized spacial score (nSPS) is 10.2. The van der Waals surface area contributed by atoms with Gasteiger partial charge in [0.25, 0.3) is 0 Å². The Labute approximate surface area is 97.8 Å². The van der Waals surface area contributed by atoms with E-state index in [0.29, 0.717) is 5.69 Å². The molecule has 1 aromatic heterocycles. The van der Waals surface area contributed by atoms with Crippen LogP contribution in [-0.2, 0) is 7.05 Å². The molecule has 1 heterocycles. The first kappa shape index (κ1) is 11.1. The van der Waals surface area contributed by atoms with Crippen LogP contribution < -0.4 is 5.43 Å². The topological polar surface area (TPSA) is 59.3 Å². The van der Waals surface area contributed by atoms with Crippen molar-refractivity contribution in [2.75, 3.05) is 0 Å². The van der Waals surface area contributed by atoms with Crippen LogP contribution in [0.1, 0.15) is 10.4 Å². The molecule has 0 unspecified atom stereocenters. The molecule has 4 heteroatoms. The van der Waals surface area contributed by atoms with E-state index in [1.807, 2.05) is 30.3 Å². The number of aromatic nitrogens is 1. The van der Waals surface area contributed by atoms with Crippen molar-refractivity contribution in [1.29, 1.82) is 0 Å². The molecule has 17 heavy (non-hydrogen) atoms. The molecular formula is C13H11NO3. The Hall–Kier alpha value is -2.36. The van der Waals surface area contributed by atoms with Gasteiger partial charge in [-0.05, 0) is 5.56 Å². The first-order valence-corrected chi connectivity index (χ1v) is 5.09. The number of benzene rings is 1. The zero-order valence-electron chi connectivity index (χ0n) is 9.25. The zero-order chi connectivity index (χ0) is 12.4. The van der Waals surface area contributed by atoms with E-state index >= 15 is 0 Å². The van der Waals surface area contributed by atoms with E-state index in [1.165, 1.54) is 12.3 Å². The van der Waals surface area contributed by atoms with Crippen LogP contribution in [0, 0.1) is 0 Å². The SMILES string of the molecule is Cn1cc(C(=O)O)c(=O)cc1-c1ccccc1. The molecule has 4 nitrogen and oxygen atoms in total. The summed E-state index contributed by atoms with van der Waals surface area (Å²) < 4.78 is 1.64. The van der Waals surface area contributed by atoms with E-state index in [1.54, 1.807) is 11.6 Å². The molecule has 86 valence electrons. The smallest absolute Gasteiger partial charge is 0.341 e. The molecule has 1 aromatic carbocycles. The van der Waals surface area contributed by atoms with E-state index < -0.39 is 11.4 Å². The molecule has 0 atom stereocenters. The van der Waals surface area contributed by atoms with Crippen molar-refractivity contribution in [2.24, 2.45) is 7.05 Å². The highest BCUT2D eigenvalue weighted by atomic mass is 16.4. The summed E-state index contributed by atoms with van der Waals surface area (Å²) in [7, 11) is 1.72. The summed E-state index contributed by atoms with van der Waals surface area (Å²) in [5.74, 6) is -1.20. The van der Waals surface area contributed by atoms with Gasteiger partial charge >= 0.3 is 5.97 Å². The van der Waals surface area contributed by atoms with Gasteiger partial charge in [0.2, 0.25) is 0 Å². The Bertz CT molecular complexity index is 614. The molecule has 0 aliphatic rings. The van der Waals surface area contributed by atoms with E-state index in [0.717, 1.165) is 5.56 Å². The molecule has 2 aromatic rings. The van der Waals surface area contributed by atoms with Crippen molar-refractivity contribution >= 4 is 5.97 Å². The summed E-state index contributed by atoms with van der Waals surface area (Å²) in [5.41, 5.74) is 0.881. The number of nitrogens with zero attached hydrogens (tertiary/aromatic N) is 1. The Balaban J connectivity index is 2.63. The van der Waals surface area contributed by atoms with Crippen LogP contribution in [0.15, 0.2) is 47.4 Å². The summed E-state index contributed by atoms with van der Waals surface area (Å²) in [4.78, 5) is 22.4. The number of rotatable bonds is 2. The zero-order valence-corrected chi connectivity index (χ0v) is 9.25. The first-order chi connectivity index (χ1) is 8.09. The quantitative estimate of drug-likeness (QED) is 0.853. The van der Waals surface area contributed by atoms with Crippen LogP contribution in [0.25, 0.3) is 11.3 Å². The summed E-state index contributed by atoms with van der Waals surface area (Å²) in [5, 5.41) is 8.84. The number of hydrogen-bond acceptors (Lipinski definition) is 2.